The van der Waals surface area contributed by atoms with Crippen molar-refractivity contribution in [2.24, 2.45) is 11.3 Å². The highest BCUT2D eigenvalue weighted by molar-refractivity contribution is 5.91. The van der Waals surface area contributed by atoms with Crippen LogP contribution in [0.3, 0.4) is 0 Å². The zero-order chi connectivity index (χ0) is 33.2. The molecule has 0 radical (unpaired) electrons. The number of halogens is 6. The second-order valence-electron chi connectivity index (χ2n) is 12.4. The molecule has 0 aliphatic rings. The summed E-state index contributed by atoms with van der Waals surface area (Å²) in [5, 5.41) is 14.6. The van der Waals surface area contributed by atoms with Crippen LogP contribution < -0.4 is 10.6 Å². The van der Waals surface area contributed by atoms with Crippen LogP contribution in [0.15, 0.2) is 29.8 Å². The van der Waals surface area contributed by atoms with E-state index in [1.165, 1.54) is 45.8 Å². The molecule has 1 rings (SSSR count). The van der Waals surface area contributed by atoms with Crippen molar-refractivity contribution >= 4 is 17.8 Å². The van der Waals surface area contributed by atoms with Crippen molar-refractivity contribution in [1.29, 1.82) is 0 Å². The van der Waals surface area contributed by atoms with E-state index in [4.69, 9.17) is 0 Å². The Morgan fingerprint density at radius 1 is 0.857 bits per heavy atom. The average Bonchev–Trinajstić information content (AvgIpc) is 2.82. The molecule has 42 heavy (non-hydrogen) atoms. The summed E-state index contributed by atoms with van der Waals surface area (Å²) < 4.78 is 81.2. The number of carbonyl (C=O) groups excluding carboxylic acids is 2. The van der Waals surface area contributed by atoms with E-state index in [1.807, 2.05) is 0 Å². The van der Waals surface area contributed by atoms with Gasteiger partial charge in [0.05, 0.1) is 23.2 Å². The molecule has 3 atom stereocenters. The molecule has 0 bridgehead atoms. The third-order valence-electron chi connectivity index (χ3n) is 7.24. The van der Waals surface area contributed by atoms with Gasteiger partial charge in [-0.15, -0.1) is 0 Å². The van der Waals surface area contributed by atoms with Gasteiger partial charge in [0.2, 0.25) is 11.8 Å². The highest BCUT2D eigenvalue weighted by Crippen LogP contribution is 2.40. The lowest BCUT2D eigenvalue weighted by Gasteiger charge is -2.40. The minimum Gasteiger partial charge on any atom is -0.478 e. The van der Waals surface area contributed by atoms with Crippen LogP contribution in [0.1, 0.15) is 72.1 Å². The number of benzene rings is 1. The molecule has 0 aliphatic heterocycles. The van der Waals surface area contributed by atoms with Gasteiger partial charge in [0.1, 0.15) is 6.04 Å². The topological polar surface area (TPSA) is 98.7 Å². The van der Waals surface area contributed by atoms with Crippen LogP contribution in [0.5, 0.6) is 0 Å². The van der Waals surface area contributed by atoms with Crippen molar-refractivity contribution in [2.75, 3.05) is 14.1 Å². The Labute approximate surface area is 242 Å². The van der Waals surface area contributed by atoms with E-state index < -0.39 is 70.2 Å². The van der Waals surface area contributed by atoms with E-state index in [0.29, 0.717) is 12.1 Å². The lowest BCUT2D eigenvalue weighted by molar-refractivity contribution is -0.143. The zero-order valence-corrected chi connectivity index (χ0v) is 25.5. The van der Waals surface area contributed by atoms with Crippen LogP contribution in [0.4, 0.5) is 26.3 Å². The molecule has 0 aliphatic carbocycles. The number of hydrogen-bond acceptors (Lipinski definition) is 4. The molecule has 238 valence electrons. The van der Waals surface area contributed by atoms with Gasteiger partial charge in [-0.3, -0.25) is 9.59 Å². The summed E-state index contributed by atoms with van der Waals surface area (Å²) in [4.78, 5) is 40.1. The highest BCUT2D eigenvalue weighted by Gasteiger charge is 2.44. The van der Waals surface area contributed by atoms with Gasteiger partial charge in [0, 0.05) is 18.0 Å². The number of aliphatic carboxylic acids is 1. The molecule has 2 amide bonds. The number of carboxylic acid groups (broad SMARTS) is 1. The SMILES string of the molecule is CN[C@H](C(=O)N[C@H](C(=O)N(C)[C@H](C=C(C)C(=O)O)C(C)C)C(C)(C)C)C(C)(C)c1cc(C(F)(F)F)cc(C(F)(F)F)c1. The Morgan fingerprint density at radius 3 is 1.62 bits per heavy atom. The van der Waals surface area contributed by atoms with Gasteiger partial charge in [-0.05, 0) is 49.1 Å². The summed E-state index contributed by atoms with van der Waals surface area (Å²) in [6.45, 7) is 12.6. The van der Waals surface area contributed by atoms with Gasteiger partial charge in [-0.25, -0.2) is 4.79 Å². The van der Waals surface area contributed by atoms with Gasteiger partial charge in [-0.2, -0.15) is 26.3 Å². The average molecular weight is 610 g/mol. The van der Waals surface area contributed by atoms with Gasteiger partial charge >= 0.3 is 18.3 Å². The summed E-state index contributed by atoms with van der Waals surface area (Å²) in [7, 11) is 2.79. The van der Waals surface area contributed by atoms with E-state index >= 15 is 0 Å². The second-order valence-corrected chi connectivity index (χ2v) is 12.4. The summed E-state index contributed by atoms with van der Waals surface area (Å²) in [6, 6.07) is -2.02. The monoisotopic (exact) mass is 609 g/mol. The van der Waals surface area contributed by atoms with Crippen LogP contribution in [0.25, 0.3) is 0 Å². The fourth-order valence-electron chi connectivity index (χ4n) is 4.62. The minimum absolute atomic E-state index is 0.0148. The molecule has 0 aromatic heterocycles. The number of amides is 2. The van der Waals surface area contributed by atoms with Gasteiger partial charge in [0.15, 0.2) is 0 Å². The summed E-state index contributed by atoms with van der Waals surface area (Å²) in [6.07, 6.45) is -8.71. The van der Waals surface area contributed by atoms with Crippen molar-refractivity contribution in [3.63, 3.8) is 0 Å². The first-order valence-electron chi connectivity index (χ1n) is 13.2. The van der Waals surface area contributed by atoms with Gasteiger partial charge in [-0.1, -0.05) is 54.5 Å². The smallest absolute Gasteiger partial charge is 0.416 e. The summed E-state index contributed by atoms with van der Waals surface area (Å²) >= 11 is 0. The van der Waals surface area contributed by atoms with E-state index in [9.17, 15) is 45.8 Å². The number of rotatable bonds is 10. The Bertz CT molecular complexity index is 1150. The highest BCUT2D eigenvalue weighted by atomic mass is 19.4. The normalized spacial score (nSPS) is 15.7. The molecule has 1 aromatic carbocycles. The molecule has 0 fully saturated rings. The lowest BCUT2D eigenvalue weighted by atomic mass is 9.75. The Hall–Kier alpha value is -3.09. The third kappa shape index (κ3) is 8.95. The Morgan fingerprint density at radius 2 is 1.29 bits per heavy atom. The standard InChI is InChI=1S/C29H41F6N3O4/c1-15(2)20(11-16(3)25(41)42)38(10)24(40)22(26(4,5)6)37-23(39)21(36-9)27(7,8)17-12-18(28(30,31)32)14-19(13-17)29(33,34)35/h11-15,20-22,36H,1-10H3,(H,37,39)(H,41,42)/t20-,21-,22-/m1/s1. The number of carboxylic acids is 1. The molecule has 0 spiro atoms. The van der Waals surface area contributed by atoms with Crippen molar-refractivity contribution in [3.8, 4) is 0 Å². The molecule has 0 saturated carbocycles. The molecule has 0 unspecified atom stereocenters. The Balaban J connectivity index is 3.58. The molecule has 7 nitrogen and oxygen atoms in total. The molecule has 13 heteroatoms. The fourth-order valence-corrected chi connectivity index (χ4v) is 4.62. The van der Waals surface area contributed by atoms with E-state index in [2.05, 4.69) is 10.6 Å². The Kier molecular flexibility index (Phi) is 11.5. The maximum atomic E-state index is 13.7. The maximum absolute atomic E-state index is 13.7. The molecule has 3 N–H and O–H groups in total. The zero-order valence-electron chi connectivity index (χ0n) is 25.5. The van der Waals surface area contributed by atoms with Crippen molar-refractivity contribution in [1.82, 2.24) is 15.5 Å². The van der Waals surface area contributed by atoms with Crippen LogP contribution in [-0.2, 0) is 32.2 Å². The predicted octanol–water partition coefficient (Wildman–Crippen LogP) is 5.63. The van der Waals surface area contributed by atoms with Crippen LogP contribution in [-0.4, -0.2) is 60.0 Å². The maximum Gasteiger partial charge on any atom is 0.416 e. The first-order chi connectivity index (χ1) is 18.8. The molecular weight excluding hydrogens is 568 g/mol. The molecule has 1 aromatic rings. The third-order valence-corrected chi connectivity index (χ3v) is 7.24. The largest absolute Gasteiger partial charge is 0.478 e. The van der Waals surface area contributed by atoms with Crippen LogP contribution in [0.2, 0.25) is 0 Å². The number of nitrogens with one attached hydrogen (secondary N) is 2. The molecule has 0 saturated heterocycles. The van der Waals surface area contributed by atoms with E-state index in [-0.39, 0.29) is 23.1 Å². The number of likely N-dealkylation sites (N-methyl/N-ethyl adjacent to an activating group) is 2. The van der Waals surface area contributed by atoms with Gasteiger partial charge in [0.25, 0.3) is 0 Å². The van der Waals surface area contributed by atoms with Gasteiger partial charge < -0.3 is 20.6 Å². The second kappa shape index (κ2) is 13.0. The lowest BCUT2D eigenvalue weighted by Crippen LogP contribution is -2.61. The summed E-state index contributed by atoms with van der Waals surface area (Å²) in [5.74, 6) is -2.76. The quantitative estimate of drug-likeness (QED) is 0.236. The predicted molar refractivity (Wildman–Crippen MR) is 146 cm³/mol. The molecular formula is C29H41F6N3O4. The first kappa shape index (κ1) is 36.9. The van der Waals surface area contributed by atoms with Crippen LogP contribution >= 0.6 is 0 Å². The number of alkyl halides is 6. The number of nitrogens with zero attached hydrogens (tertiary/aromatic N) is 1. The number of carbonyl (C=O) groups is 3. The van der Waals surface area contributed by atoms with E-state index in [0.717, 1.165) is 0 Å². The summed E-state index contributed by atoms with van der Waals surface area (Å²) in [5.41, 5.74) is -5.89. The molecule has 0 heterocycles. The van der Waals surface area contributed by atoms with Crippen LogP contribution in [0, 0.1) is 11.3 Å². The fraction of sp³-hybridized carbons (Fsp3) is 0.621. The van der Waals surface area contributed by atoms with E-state index in [1.54, 1.807) is 34.6 Å². The number of hydrogen-bond donors (Lipinski definition) is 3. The minimum atomic E-state index is -5.07. The van der Waals surface area contributed by atoms with Crippen molar-refractivity contribution in [2.45, 2.75) is 91.3 Å². The van der Waals surface area contributed by atoms with Crippen molar-refractivity contribution < 1.29 is 45.8 Å². The van der Waals surface area contributed by atoms with Crippen molar-refractivity contribution in [3.05, 3.63) is 46.5 Å². The first-order valence-corrected chi connectivity index (χ1v) is 13.2.